The number of benzene rings is 2. The summed E-state index contributed by atoms with van der Waals surface area (Å²) in [5.74, 6) is 0.849. The summed E-state index contributed by atoms with van der Waals surface area (Å²) in [6, 6.07) is 13.8. The average Bonchev–Trinajstić information content (AvgIpc) is 3.12. The van der Waals surface area contributed by atoms with Crippen molar-refractivity contribution in [2.24, 2.45) is 7.05 Å². The van der Waals surface area contributed by atoms with Crippen LogP contribution in [0.25, 0.3) is 10.9 Å². The molecule has 4 rings (SSSR count). The Kier molecular flexibility index (Phi) is 4.56. The third-order valence-corrected chi connectivity index (χ3v) is 6.36. The normalized spacial score (nSPS) is 15.7. The van der Waals surface area contributed by atoms with Gasteiger partial charge in [0.15, 0.2) is 5.78 Å². The lowest BCUT2D eigenvalue weighted by molar-refractivity contribution is -0.122. The van der Waals surface area contributed by atoms with Crippen molar-refractivity contribution in [3.63, 3.8) is 0 Å². The molecule has 3 aromatic rings. The second-order valence-electron chi connectivity index (χ2n) is 7.01. The van der Waals surface area contributed by atoms with Gasteiger partial charge in [0.05, 0.1) is 11.4 Å². The maximum Gasteiger partial charge on any atom is 0.255 e. The highest BCUT2D eigenvalue weighted by Gasteiger charge is 2.34. The smallest absolute Gasteiger partial charge is 0.255 e. The number of para-hydroxylation sites is 1. The van der Waals surface area contributed by atoms with E-state index < -0.39 is 5.92 Å². The van der Waals surface area contributed by atoms with Gasteiger partial charge in [-0.25, -0.2) is 0 Å². The molecule has 27 heavy (non-hydrogen) atoms. The summed E-state index contributed by atoms with van der Waals surface area (Å²) in [7, 11) is 1.77. The molecule has 2 aromatic carbocycles. The van der Waals surface area contributed by atoms with Crippen LogP contribution in [0.2, 0.25) is 0 Å². The average molecular weight is 379 g/mol. The van der Waals surface area contributed by atoms with Crippen LogP contribution in [0.1, 0.15) is 22.6 Å². The van der Waals surface area contributed by atoms with Crippen LogP contribution in [0.3, 0.4) is 0 Å². The summed E-state index contributed by atoms with van der Waals surface area (Å²) in [6.07, 6.45) is 0. The van der Waals surface area contributed by atoms with E-state index in [1.807, 2.05) is 56.3 Å². The summed E-state index contributed by atoms with van der Waals surface area (Å²) in [5, 5.41) is 1.03. The quantitative estimate of drug-likeness (QED) is 0.688. The fraction of sp³-hybridized carbons (Fsp3) is 0.273. The SMILES string of the molecule is Cc1ccc(C)c(OCC(=O)C2CSc3c2c(=O)n(C)c2ccccc32)c1. The molecule has 1 aliphatic heterocycles. The van der Waals surface area contributed by atoms with Gasteiger partial charge in [0.25, 0.3) is 5.56 Å². The zero-order valence-electron chi connectivity index (χ0n) is 15.6. The molecular formula is C22H21NO3S. The third kappa shape index (κ3) is 3.06. The highest BCUT2D eigenvalue weighted by Crippen LogP contribution is 2.42. The summed E-state index contributed by atoms with van der Waals surface area (Å²) >= 11 is 1.59. The van der Waals surface area contributed by atoms with Crippen molar-refractivity contribution in [3.8, 4) is 5.75 Å². The number of hydrogen-bond donors (Lipinski definition) is 0. The first kappa shape index (κ1) is 17.9. The Bertz CT molecular complexity index is 1120. The van der Waals surface area contributed by atoms with Crippen LogP contribution < -0.4 is 10.3 Å². The van der Waals surface area contributed by atoms with Gasteiger partial charge in [0, 0.05) is 28.6 Å². The van der Waals surface area contributed by atoms with Crippen LogP contribution in [0.4, 0.5) is 0 Å². The highest BCUT2D eigenvalue weighted by atomic mass is 32.2. The van der Waals surface area contributed by atoms with Gasteiger partial charge in [-0.2, -0.15) is 0 Å². The first-order valence-corrected chi connectivity index (χ1v) is 9.93. The minimum absolute atomic E-state index is 0.0229. The first-order chi connectivity index (χ1) is 13.0. The molecular weight excluding hydrogens is 358 g/mol. The molecule has 0 radical (unpaired) electrons. The molecule has 2 heterocycles. The molecule has 0 saturated heterocycles. The van der Waals surface area contributed by atoms with Crippen molar-refractivity contribution < 1.29 is 9.53 Å². The molecule has 1 atom stereocenters. The van der Waals surface area contributed by atoms with Crippen molar-refractivity contribution in [1.29, 1.82) is 0 Å². The predicted molar refractivity (Wildman–Crippen MR) is 109 cm³/mol. The lowest BCUT2D eigenvalue weighted by atomic mass is 9.96. The van der Waals surface area contributed by atoms with E-state index in [0.29, 0.717) is 11.3 Å². The van der Waals surface area contributed by atoms with Gasteiger partial charge < -0.3 is 9.30 Å². The summed E-state index contributed by atoms with van der Waals surface area (Å²) in [5.41, 5.74) is 3.52. The molecule has 0 saturated carbocycles. The van der Waals surface area contributed by atoms with Crippen LogP contribution in [-0.2, 0) is 11.8 Å². The Morgan fingerprint density at radius 2 is 2.00 bits per heavy atom. The molecule has 1 aromatic heterocycles. The standard InChI is InChI=1S/C22H21NO3S/c1-13-8-9-14(2)19(10-13)26-11-18(24)16-12-27-21-15-6-4-5-7-17(15)23(3)22(25)20(16)21/h4-10,16H,11-12H2,1-3H3. The number of rotatable bonds is 4. The minimum atomic E-state index is -0.418. The van der Waals surface area contributed by atoms with E-state index >= 15 is 0 Å². The van der Waals surface area contributed by atoms with Crippen LogP contribution >= 0.6 is 11.8 Å². The Morgan fingerprint density at radius 1 is 1.22 bits per heavy atom. The first-order valence-electron chi connectivity index (χ1n) is 8.94. The van der Waals surface area contributed by atoms with Gasteiger partial charge >= 0.3 is 0 Å². The van der Waals surface area contributed by atoms with E-state index in [2.05, 4.69) is 0 Å². The monoisotopic (exact) mass is 379 g/mol. The highest BCUT2D eigenvalue weighted by molar-refractivity contribution is 8.00. The number of aryl methyl sites for hydroxylation is 3. The summed E-state index contributed by atoms with van der Waals surface area (Å²) in [6.45, 7) is 3.93. The van der Waals surface area contributed by atoms with Crippen molar-refractivity contribution in [3.05, 3.63) is 69.5 Å². The summed E-state index contributed by atoms with van der Waals surface area (Å²) in [4.78, 5) is 26.8. The Labute approximate surface area is 162 Å². The Hall–Kier alpha value is -2.53. The van der Waals surface area contributed by atoms with E-state index in [9.17, 15) is 9.59 Å². The number of Topliss-reactive ketones (excluding diaryl/α,β-unsaturated/α-hetero) is 1. The number of thioether (sulfide) groups is 1. The molecule has 138 valence electrons. The fourth-order valence-electron chi connectivity index (χ4n) is 3.57. The molecule has 5 heteroatoms. The molecule has 0 amide bonds. The fourth-order valence-corrected chi connectivity index (χ4v) is 4.97. The van der Waals surface area contributed by atoms with Crippen LogP contribution in [0.15, 0.2) is 52.2 Å². The minimum Gasteiger partial charge on any atom is -0.486 e. The maximum absolute atomic E-state index is 12.9. The lowest BCUT2D eigenvalue weighted by Gasteiger charge is -2.14. The zero-order valence-corrected chi connectivity index (χ0v) is 16.4. The number of carbonyl (C=O) groups excluding carboxylic acids is 1. The number of ketones is 1. The molecule has 0 aliphatic carbocycles. The van der Waals surface area contributed by atoms with Crippen LogP contribution in [0, 0.1) is 13.8 Å². The van der Waals surface area contributed by atoms with Crippen molar-refractivity contribution in [1.82, 2.24) is 4.57 Å². The largest absolute Gasteiger partial charge is 0.486 e. The van der Waals surface area contributed by atoms with Gasteiger partial charge in [0.2, 0.25) is 0 Å². The number of aromatic nitrogens is 1. The molecule has 0 bridgehead atoms. The van der Waals surface area contributed by atoms with Crippen molar-refractivity contribution in [2.75, 3.05) is 12.4 Å². The van der Waals surface area contributed by atoms with Crippen LogP contribution in [-0.4, -0.2) is 22.7 Å². The summed E-state index contributed by atoms with van der Waals surface area (Å²) < 4.78 is 7.44. The lowest BCUT2D eigenvalue weighted by Crippen LogP contribution is -2.28. The molecule has 0 fully saturated rings. The number of carbonyl (C=O) groups is 1. The van der Waals surface area contributed by atoms with Crippen molar-refractivity contribution in [2.45, 2.75) is 24.7 Å². The van der Waals surface area contributed by atoms with Crippen molar-refractivity contribution >= 4 is 28.4 Å². The van der Waals surface area contributed by atoms with E-state index in [4.69, 9.17) is 4.74 Å². The van der Waals surface area contributed by atoms with Gasteiger partial charge in [-0.05, 0) is 37.1 Å². The van der Waals surface area contributed by atoms with Gasteiger partial charge in [0.1, 0.15) is 12.4 Å². The molecule has 1 unspecified atom stereocenters. The maximum atomic E-state index is 12.9. The van der Waals surface area contributed by atoms with E-state index in [1.165, 1.54) is 0 Å². The van der Waals surface area contributed by atoms with E-state index in [1.54, 1.807) is 23.4 Å². The number of pyridine rings is 1. The molecule has 4 nitrogen and oxygen atoms in total. The zero-order chi connectivity index (χ0) is 19.1. The molecule has 0 N–H and O–H groups in total. The molecule has 1 aliphatic rings. The third-order valence-electron chi connectivity index (χ3n) is 5.13. The van der Waals surface area contributed by atoms with Gasteiger partial charge in [-0.3, -0.25) is 9.59 Å². The number of fused-ring (bicyclic) bond motifs is 3. The Balaban J connectivity index is 1.65. The van der Waals surface area contributed by atoms with Gasteiger partial charge in [-0.15, -0.1) is 11.8 Å². The van der Waals surface area contributed by atoms with Gasteiger partial charge in [-0.1, -0.05) is 30.3 Å². The topological polar surface area (TPSA) is 48.3 Å². The van der Waals surface area contributed by atoms with E-state index in [0.717, 1.165) is 32.7 Å². The van der Waals surface area contributed by atoms with Crippen LogP contribution in [0.5, 0.6) is 5.75 Å². The molecule has 0 spiro atoms. The second kappa shape index (κ2) is 6.89. The van der Waals surface area contributed by atoms with E-state index in [-0.39, 0.29) is 17.9 Å². The predicted octanol–water partition coefficient (Wildman–Crippen LogP) is 3.99. The number of ether oxygens (including phenoxy) is 1. The number of hydrogen-bond acceptors (Lipinski definition) is 4. The Morgan fingerprint density at radius 3 is 2.81 bits per heavy atom. The second-order valence-corrected chi connectivity index (χ2v) is 8.04. The number of nitrogens with zero attached hydrogens (tertiary/aromatic N) is 1.